The molecule has 0 aliphatic carbocycles. The van der Waals surface area contributed by atoms with E-state index in [2.05, 4.69) is 20.6 Å². The Hall–Kier alpha value is -2.44. The van der Waals surface area contributed by atoms with E-state index in [4.69, 9.17) is 0 Å². The number of aromatic nitrogens is 4. The molecule has 0 radical (unpaired) electrons. The van der Waals surface area contributed by atoms with Crippen molar-refractivity contribution in [3.63, 3.8) is 0 Å². The second-order valence-corrected chi connectivity index (χ2v) is 4.87. The zero-order valence-electron chi connectivity index (χ0n) is 11.9. The minimum Gasteiger partial charge on any atom is -0.478 e. The van der Waals surface area contributed by atoms with Gasteiger partial charge in [-0.15, -0.1) is 5.10 Å². The molecule has 0 saturated heterocycles. The van der Waals surface area contributed by atoms with Crippen LogP contribution in [0.25, 0.3) is 0 Å². The fourth-order valence-corrected chi connectivity index (χ4v) is 1.78. The van der Waals surface area contributed by atoms with Gasteiger partial charge in [0.25, 0.3) is 0 Å². The van der Waals surface area contributed by atoms with Crippen molar-refractivity contribution >= 4 is 17.5 Å². The zero-order chi connectivity index (χ0) is 14.9. The van der Waals surface area contributed by atoms with Gasteiger partial charge in [0.05, 0.1) is 17.6 Å². The average Bonchev–Trinajstić information content (AvgIpc) is 2.82. The summed E-state index contributed by atoms with van der Waals surface area (Å²) >= 11 is 0. The smallest absolute Gasteiger partial charge is 0.339 e. The molecule has 2 aromatic heterocycles. The van der Waals surface area contributed by atoms with Gasteiger partial charge in [-0.3, -0.25) is 4.68 Å². The third-order valence-corrected chi connectivity index (χ3v) is 3.06. The van der Waals surface area contributed by atoms with Gasteiger partial charge in [0.2, 0.25) is 0 Å². The highest BCUT2D eigenvalue weighted by Crippen LogP contribution is 2.22. The van der Waals surface area contributed by atoms with Crippen molar-refractivity contribution in [3.05, 3.63) is 29.2 Å². The number of hydrogen-bond acceptors (Lipinski definition) is 5. The topological polar surface area (TPSA) is 92.9 Å². The van der Waals surface area contributed by atoms with Gasteiger partial charge in [0.15, 0.2) is 5.82 Å². The van der Waals surface area contributed by atoms with Gasteiger partial charge in [0.1, 0.15) is 5.56 Å². The molecule has 7 heteroatoms. The molecule has 0 spiro atoms. The molecule has 7 nitrogen and oxygen atoms in total. The van der Waals surface area contributed by atoms with Crippen molar-refractivity contribution in [3.8, 4) is 0 Å². The molecule has 0 bridgehead atoms. The number of aromatic carboxylic acids is 1. The summed E-state index contributed by atoms with van der Waals surface area (Å²) in [7, 11) is 0. The number of rotatable bonds is 4. The molecule has 0 aliphatic heterocycles. The molecule has 2 N–H and O–H groups in total. The number of carboxylic acids is 1. The average molecular weight is 275 g/mol. The maximum atomic E-state index is 11.4. The van der Waals surface area contributed by atoms with Crippen molar-refractivity contribution in [1.29, 1.82) is 0 Å². The van der Waals surface area contributed by atoms with E-state index in [-0.39, 0.29) is 17.4 Å². The molecule has 0 atom stereocenters. The Balaban J connectivity index is 2.38. The van der Waals surface area contributed by atoms with Crippen LogP contribution in [0.15, 0.2) is 12.4 Å². The number of anilines is 2. The van der Waals surface area contributed by atoms with Gasteiger partial charge < -0.3 is 10.4 Å². The Bertz CT molecular complexity index is 648. The third-order valence-electron chi connectivity index (χ3n) is 3.06. The first-order valence-electron chi connectivity index (χ1n) is 6.28. The Morgan fingerprint density at radius 1 is 1.35 bits per heavy atom. The van der Waals surface area contributed by atoms with Crippen LogP contribution < -0.4 is 5.32 Å². The summed E-state index contributed by atoms with van der Waals surface area (Å²) < 4.78 is 1.78. The van der Waals surface area contributed by atoms with Crippen molar-refractivity contribution in [2.45, 2.75) is 33.7 Å². The van der Waals surface area contributed by atoms with Gasteiger partial charge in [-0.25, -0.2) is 4.79 Å². The second-order valence-electron chi connectivity index (χ2n) is 4.87. The van der Waals surface area contributed by atoms with E-state index in [0.29, 0.717) is 16.9 Å². The summed E-state index contributed by atoms with van der Waals surface area (Å²) in [6.07, 6.45) is 3.43. The lowest BCUT2D eigenvalue weighted by molar-refractivity contribution is 0.0696. The first-order valence-corrected chi connectivity index (χ1v) is 6.28. The number of hydrogen-bond donors (Lipinski definition) is 2. The van der Waals surface area contributed by atoms with E-state index in [1.807, 2.05) is 13.8 Å². The van der Waals surface area contributed by atoms with E-state index in [1.54, 1.807) is 30.9 Å². The molecule has 0 aromatic carbocycles. The van der Waals surface area contributed by atoms with Crippen LogP contribution in [-0.2, 0) is 0 Å². The molecule has 0 fully saturated rings. The summed E-state index contributed by atoms with van der Waals surface area (Å²) in [5.74, 6) is -0.803. The monoisotopic (exact) mass is 275 g/mol. The fraction of sp³-hybridized carbons (Fsp3) is 0.385. The van der Waals surface area contributed by atoms with Crippen molar-refractivity contribution in [1.82, 2.24) is 20.0 Å². The van der Waals surface area contributed by atoms with Crippen LogP contribution in [-0.4, -0.2) is 31.1 Å². The van der Waals surface area contributed by atoms with E-state index in [1.165, 1.54) is 0 Å². The molecule has 0 aliphatic rings. The molecule has 20 heavy (non-hydrogen) atoms. The van der Waals surface area contributed by atoms with Gasteiger partial charge in [-0.1, -0.05) is 0 Å². The van der Waals surface area contributed by atoms with Gasteiger partial charge in [-0.05, 0) is 33.3 Å². The van der Waals surface area contributed by atoms with Crippen LogP contribution in [0.2, 0.25) is 0 Å². The second kappa shape index (κ2) is 5.28. The molecular formula is C13H17N5O2. The lowest BCUT2D eigenvalue weighted by Gasteiger charge is -2.10. The van der Waals surface area contributed by atoms with E-state index < -0.39 is 5.97 Å². The molecule has 0 saturated carbocycles. The molecule has 106 valence electrons. The Kier molecular flexibility index (Phi) is 3.69. The zero-order valence-corrected chi connectivity index (χ0v) is 11.9. The molecular weight excluding hydrogens is 258 g/mol. The third kappa shape index (κ3) is 2.61. The van der Waals surface area contributed by atoms with Crippen LogP contribution in [0.3, 0.4) is 0 Å². The lowest BCUT2D eigenvalue weighted by Crippen LogP contribution is -2.10. The highest BCUT2D eigenvalue weighted by molar-refractivity contribution is 5.95. The number of aryl methyl sites for hydroxylation is 1. The Labute approximate surface area is 116 Å². The largest absolute Gasteiger partial charge is 0.478 e. The summed E-state index contributed by atoms with van der Waals surface area (Å²) in [4.78, 5) is 11.4. The fourth-order valence-electron chi connectivity index (χ4n) is 1.78. The van der Waals surface area contributed by atoms with Crippen LogP contribution in [0.5, 0.6) is 0 Å². The normalized spacial score (nSPS) is 10.8. The van der Waals surface area contributed by atoms with E-state index >= 15 is 0 Å². The molecule has 2 rings (SSSR count). The van der Waals surface area contributed by atoms with Crippen LogP contribution in [0.1, 0.15) is 41.5 Å². The van der Waals surface area contributed by atoms with Crippen LogP contribution in [0, 0.1) is 13.8 Å². The van der Waals surface area contributed by atoms with E-state index in [0.717, 1.165) is 0 Å². The summed E-state index contributed by atoms with van der Waals surface area (Å²) in [6, 6.07) is 0.232. The molecule has 0 amide bonds. The first kappa shape index (κ1) is 14.0. The Morgan fingerprint density at radius 3 is 2.60 bits per heavy atom. The van der Waals surface area contributed by atoms with Crippen molar-refractivity contribution in [2.75, 3.05) is 5.32 Å². The molecule has 0 unspecified atom stereocenters. The predicted octanol–water partition coefficient (Wildman–Crippen LogP) is 2.31. The number of carboxylic acid groups (broad SMARTS) is 1. The standard InChI is InChI=1S/C13H17N5O2/c1-7(2)18-6-10(5-14-18)15-12-11(13(19)20)8(3)9(4)16-17-12/h5-7H,1-4H3,(H,15,17)(H,19,20). The highest BCUT2D eigenvalue weighted by atomic mass is 16.4. The van der Waals surface area contributed by atoms with E-state index in [9.17, 15) is 9.90 Å². The minimum absolute atomic E-state index is 0.134. The maximum absolute atomic E-state index is 11.4. The maximum Gasteiger partial charge on any atom is 0.339 e. The van der Waals surface area contributed by atoms with Crippen LogP contribution in [0.4, 0.5) is 11.5 Å². The van der Waals surface area contributed by atoms with Gasteiger partial charge in [0, 0.05) is 12.2 Å². The van der Waals surface area contributed by atoms with Crippen molar-refractivity contribution in [2.24, 2.45) is 0 Å². The van der Waals surface area contributed by atoms with Crippen LogP contribution >= 0.6 is 0 Å². The van der Waals surface area contributed by atoms with Gasteiger partial charge >= 0.3 is 5.97 Å². The SMILES string of the molecule is Cc1nnc(Nc2cnn(C(C)C)c2)c(C(=O)O)c1C. The van der Waals surface area contributed by atoms with Crippen molar-refractivity contribution < 1.29 is 9.90 Å². The number of nitrogens with zero attached hydrogens (tertiary/aromatic N) is 4. The first-order chi connectivity index (χ1) is 9.40. The molecule has 2 heterocycles. The van der Waals surface area contributed by atoms with Gasteiger partial charge in [-0.2, -0.15) is 10.2 Å². The quantitative estimate of drug-likeness (QED) is 0.889. The number of carbonyl (C=O) groups is 1. The lowest BCUT2D eigenvalue weighted by atomic mass is 10.1. The summed E-state index contributed by atoms with van der Waals surface area (Å²) in [5, 5.41) is 24.3. The number of nitrogens with one attached hydrogen (secondary N) is 1. The summed E-state index contributed by atoms with van der Waals surface area (Å²) in [5.41, 5.74) is 2.02. The highest BCUT2D eigenvalue weighted by Gasteiger charge is 2.18. The minimum atomic E-state index is -1.03. The summed E-state index contributed by atoms with van der Waals surface area (Å²) in [6.45, 7) is 7.47. The predicted molar refractivity (Wildman–Crippen MR) is 74.4 cm³/mol. The Morgan fingerprint density at radius 2 is 2.05 bits per heavy atom. The molecule has 2 aromatic rings.